The first-order valence-corrected chi connectivity index (χ1v) is 9.86. The molecule has 0 bridgehead atoms. The highest BCUT2D eigenvalue weighted by Crippen LogP contribution is 2.23. The van der Waals surface area contributed by atoms with Crippen molar-refractivity contribution in [3.63, 3.8) is 0 Å². The van der Waals surface area contributed by atoms with Gasteiger partial charge in [-0.05, 0) is 60.7 Å². The molecular weight excluding hydrogens is 340 g/mol. The fourth-order valence-corrected chi connectivity index (χ4v) is 3.51. The monoisotopic (exact) mass is 358 g/mol. The molecule has 0 amide bonds. The molecule has 0 fully saturated rings. The Morgan fingerprint density at radius 2 is 1.60 bits per heavy atom. The van der Waals surface area contributed by atoms with Gasteiger partial charge in [0.1, 0.15) is 0 Å². The summed E-state index contributed by atoms with van der Waals surface area (Å²) in [7, 11) is -3.32. The summed E-state index contributed by atoms with van der Waals surface area (Å²) in [6.45, 7) is -0.342. The van der Waals surface area contributed by atoms with Crippen molar-refractivity contribution < 1.29 is 22.7 Å². The fraction of sp³-hybridized carbons (Fsp3) is 0.263. The van der Waals surface area contributed by atoms with Crippen molar-refractivity contribution in [1.29, 1.82) is 0 Å². The molecule has 3 rings (SSSR count). The highest BCUT2D eigenvalue weighted by molar-refractivity contribution is 7.90. The van der Waals surface area contributed by atoms with Gasteiger partial charge in [0.25, 0.3) is 0 Å². The summed E-state index contributed by atoms with van der Waals surface area (Å²) >= 11 is 0. The molecule has 25 heavy (non-hydrogen) atoms. The number of carbonyl (C=O) groups is 2. The van der Waals surface area contributed by atoms with Gasteiger partial charge in [-0.15, -0.1) is 0 Å². The highest BCUT2D eigenvalue weighted by Gasteiger charge is 2.16. The van der Waals surface area contributed by atoms with Crippen LogP contribution in [0.15, 0.2) is 47.4 Å². The Bertz CT molecular complexity index is 927. The molecule has 2 aromatic rings. The maximum Gasteiger partial charge on any atom is 0.338 e. The van der Waals surface area contributed by atoms with Crippen molar-refractivity contribution in [2.75, 3.05) is 12.9 Å². The van der Waals surface area contributed by atoms with E-state index in [1.807, 2.05) is 12.1 Å². The molecule has 0 atom stereocenters. The lowest BCUT2D eigenvalue weighted by atomic mass is 10.0. The first-order chi connectivity index (χ1) is 11.8. The van der Waals surface area contributed by atoms with Gasteiger partial charge in [0, 0.05) is 11.8 Å². The lowest BCUT2D eigenvalue weighted by molar-refractivity contribution is 0.0474. The van der Waals surface area contributed by atoms with E-state index in [2.05, 4.69) is 0 Å². The number of hydrogen-bond donors (Lipinski definition) is 0. The number of ether oxygens (including phenoxy) is 1. The van der Waals surface area contributed by atoms with Crippen LogP contribution in [-0.4, -0.2) is 33.0 Å². The number of carbonyl (C=O) groups excluding carboxylic acids is 2. The molecule has 0 heterocycles. The molecule has 0 aromatic heterocycles. The Kier molecular flexibility index (Phi) is 4.72. The molecule has 130 valence electrons. The van der Waals surface area contributed by atoms with Crippen LogP contribution in [0.2, 0.25) is 0 Å². The van der Waals surface area contributed by atoms with Crippen LogP contribution in [0.5, 0.6) is 0 Å². The van der Waals surface area contributed by atoms with Crippen LogP contribution >= 0.6 is 0 Å². The Morgan fingerprint density at radius 1 is 0.960 bits per heavy atom. The predicted octanol–water partition coefficient (Wildman–Crippen LogP) is 2.62. The maximum absolute atomic E-state index is 12.2. The summed E-state index contributed by atoms with van der Waals surface area (Å²) in [5.74, 6) is -0.912. The molecule has 1 aliphatic rings. The number of fused-ring (bicyclic) bond motifs is 1. The van der Waals surface area contributed by atoms with E-state index in [4.69, 9.17) is 4.74 Å². The van der Waals surface area contributed by atoms with E-state index < -0.39 is 15.8 Å². The third-order valence-electron chi connectivity index (χ3n) is 4.27. The molecule has 0 saturated heterocycles. The molecule has 0 spiro atoms. The van der Waals surface area contributed by atoms with Crippen molar-refractivity contribution in [2.24, 2.45) is 0 Å². The number of benzene rings is 2. The van der Waals surface area contributed by atoms with Crippen molar-refractivity contribution in [3.8, 4) is 0 Å². The van der Waals surface area contributed by atoms with Gasteiger partial charge in [-0.3, -0.25) is 4.79 Å². The van der Waals surface area contributed by atoms with Crippen LogP contribution in [0, 0.1) is 0 Å². The smallest absolute Gasteiger partial charge is 0.338 e. The Hall–Kier alpha value is -2.47. The molecule has 6 heteroatoms. The largest absolute Gasteiger partial charge is 0.454 e. The standard InChI is InChI=1S/C19H18O5S/c1-25(22,23)17-9-7-14(8-10-17)19(21)24-12-18(20)16-6-5-13-3-2-4-15(13)11-16/h5-11H,2-4,12H2,1H3. The minimum atomic E-state index is -3.32. The van der Waals surface area contributed by atoms with Gasteiger partial charge in [-0.25, -0.2) is 13.2 Å². The second-order valence-corrected chi connectivity index (χ2v) is 8.15. The van der Waals surface area contributed by atoms with Gasteiger partial charge < -0.3 is 4.74 Å². The van der Waals surface area contributed by atoms with E-state index in [1.54, 1.807) is 6.07 Å². The summed E-state index contributed by atoms with van der Waals surface area (Å²) in [5, 5.41) is 0. The van der Waals surface area contributed by atoms with E-state index in [0.29, 0.717) is 5.56 Å². The number of ketones is 1. The minimum Gasteiger partial charge on any atom is -0.454 e. The molecule has 2 aromatic carbocycles. The fourth-order valence-electron chi connectivity index (χ4n) is 2.88. The number of rotatable bonds is 5. The van der Waals surface area contributed by atoms with Gasteiger partial charge in [0.05, 0.1) is 10.5 Å². The summed E-state index contributed by atoms with van der Waals surface area (Å²) in [5.41, 5.74) is 3.21. The van der Waals surface area contributed by atoms with Gasteiger partial charge in [0.2, 0.25) is 0 Å². The number of sulfone groups is 1. The van der Waals surface area contributed by atoms with Crippen molar-refractivity contribution in [3.05, 3.63) is 64.7 Å². The molecule has 0 aliphatic heterocycles. The Balaban J connectivity index is 1.63. The molecule has 0 saturated carbocycles. The van der Waals surface area contributed by atoms with Gasteiger partial charge in [0.15, 0.2) is 22.2 Å². The minimum absolute atomic E-state index is 0.123. The molecule has 0 N–H and O–H groups in total. The summed E-state index contributed by atoms with van der Waals surface area (Å²) in [4.78, 5) is 24.3. The van der Waals surface area contributed by atoms with E-state index in [-0.39, 0.29) is 22.8 Å². The second-order valence-electron chi connectivity index (χ2n) is 6.13. The van der Waals surface area contributed by atoms with Crippen LogP contribution in [0.3, 0.4) is 0 Å². The number of Topliss-reactive ketones (excluding diaryl/α,β-unsaturated/α-hetero) is 1. The molecular formula is C19H18O5S. The van der Waals surface area contributed by atoms with Gasteiger partial charge in [-0.1, -0.05) is 12.1 Å². The zero-order chi connectivity index (χ0) is 18.0. The van der Waals surface area contributed by atoms with Gasteiger partial charge >= 0.3 is 5.97 Å². The lowest BCUT2D eigenvalue weighted by Gasteiger charge is -2.07. The van der Waals surface area contributed by atoms with Crippen LogP contribution in [0.25, 0.3) is 0 Å². The Morgan fingerprint density at radius 3 is 2.28 bits per heavy atom. The molecule has 0 radical (unpaired) electrons. The second kappa shape index (κ2) is 6.80. The highest BCUT2D eigenvalue weighted by atomic mass is 32.2. The predicted molar refractivity (Wildman–Crippen MR) is 92.6 cm³/mol. The number of hydrogen-bond acceptors (Lipinski definition) is 5. The van der Waals surface area contributed by atoms with Gasteiger partial charge in [-0.2, -0.15) is 0 Å². The van der Waals surface area contributed by atoms with E-state index in [0.717, 1.165) is 25.5 Å². The topological polar surface area (TPSA) is 77.5 Å². The third kappa shape index (κ3) is 3.96. The van der Waals surface area contributed by atoms with Crippen molar-refractivity contribution in [1.82, 2.24) is 0 Å². The van der Waals surface area contributed by atoms with E-state index in [9.17, 15) is 18.0 Å². The quantitative estimate of drug-likeness (QED) is 0.606. The number of esters is 1. The normalized spacial score (nSPS) is 13.3. The van der Waals surface area contributed by atoms with Crippen molar-refractivity contribution in [2.45, 2.75) is 24.2 Å². The summed E-state index contributed by atoms with van der Waals surface area (Å²) in [6.07, 6.45) is 4.21. The number of aryl methyl sites for hydroxylation is 2. The average Bonchev–Trinajstić information content (AvgIpc) is 3.06. The van der Waals surface area contributed by atoms with Crippen LogP contribution in [0.1, 0.15) is 38.3 Å². The summed E-state index contributed by atoms with van der Waals surface area (Å²) < 4.78 is 27.9. The molecule has 5 nitrogen and oxygen atoms in total. The summed E-state index contributed by atoms with van der Waals surface area (Å²) in [6, 6.07) is 11.0. The average molecular weight is 358 g/mol. The lowest BCUT2D eigenvalue weighted by Crippen LogP contribution is -2.14. The zero-order valence-corrected chi connectivity index (χ0v) is 14.6. The van der Waals surface area contributed by atoms with Crippen LogP contribution in [0.4, 0.5) is 0 Å². The molecule has 1 aliphatic carbocycles. The SMILES string of the molecule is CS(=O)(=O)c1ccc(C(=O)OCC(=O)c2ccc3c(c2)CCC3)cc1. The first-order valence-electron chi connectivity index (χ1n) is 7.97. The maximum atomic E-state index is 12.2. The van der Waals surface area contributed by atoms with Crippen LogP contribution < -0.4 is 0 Å². The Labute approximate surface area is 146 Å². The zero-order valence-electron chi connectivity index (χ0n) is 13.8. The van der Waals surface area contributed by atoms with Crippen molar-refractivity contribution >= 4 is 21.6 Å². The third-order valence-corrected chi connectivity index (χ3v) is 5.40. The van der Waals surface area contributed by atoms with Crippen LogP contribution in [-0.2, 0) is 27.4 Å². The molecule has 0 unspecified atom stereocenters. The van der Waals surface area contributed by atoms with E-state index in [1.165, 1.54) is 35.4 Å². The first kappa shape index (κ1) is 17.4. The van der Waals surface area contributed by atoms with E-state index >= 15 is 0 Å².